The molecule has 0 aliphatic heterocycles. The first-order chi connectivity index (χ1) is 28.8. The molecule has 2 heterocycles. The second-order valence-corrected chi connectivity index (χ2v) is 12.7. The van der Waals surface area contributed by atoms with Gasteiger partial charge in [-0.25, -0.2) is 15.0 Å². The molecule has 4 heteroatoms. The summed E-state index contributed by atoms with van der Waals surface area (Å²) in [7, 11) is 0. The zero-order valence-electron chi connectivity index (χ0n) is 34.2. The fraction of sp³-hybridized carbons (Fsp3) is 0. The third-order valence-electron chi connectivity index (χ3n) is 9.48. The van der Waals surface area contributed by atoms with E-state index in [0.29, 0.717) is 28.3 Å². The summed E-state index contributed by atoms with van der Waals surface area (Å²) in [5.74, 6) is 0.852. The van der Waals surface area contributed by atoms with E-state index in [0.717, 1.165) is 38.6 Å². The van der Waals surface area contributed by atoms with E-state index >= 15 is 0 Å². The van der Waals surface area contributed by atoms with Crippen LogP contribution < -0.4 is 0 Å². The first kappa shape index (κ1) is 24.9. The Hall–Kier alpha value is -7.17. The second-order valence-electron chi connectivity index (χ2n) is 12.7. The van der Waals surface area contributed by atoms with Gasteiger partial charge in [0.15, 0.2) is 17.5 Å². The van der Waals surface area contributed by atoms with E-state index in [1.54, 1.807) is 0 Å². The van der Waals surface area contributed by atoms with Crippen molar-refractivity contribution >= 4 is 32.7 Å². The van der Waals surface area contributed by atoms with E-state index in [4.69, 9.17) is 24.9 Å². The first-order valence-corrected chi connectivity index (χ1v) is 17.3. The standard InChI is InChI=1S/C49H31N3O/c1-4-15-32(16-5-1)38-30-35-21-10-11-24-39(35)43(31-38)36-22-14-23-37(29-36)48-50-47(34-19-8-3-9-20-34)51-49(52-48)42-28-27-41-40-25-12-13-26-44(40)53-46(41)45(42)33-17-6-2-7-18-33/h1-31H/i12D,13D,25D,26D,27D,28D. The maximum Gasteiger partial charge on any atom is 0.164 e. The van der Waals surface area contributed by atoms with Gasteiger partial charge in [-0.1, -0.05) is 152 Å². The molecule has 53 heavy (non-hydrogen) atoms. The summed E-state index contributed by atoms with van der Waals surface area (Å²) in [4.78, 5) is 15.1. The SMILES string of the molecule is [2H]c1c([2H])c([2H])c2c(oc3c(-c4ccccc4)c(-c4nc(-c5ccccc5)nc(-c5cccc(-c6cc(-c7ccccc7)cc7ccccc67)c5)n4)c([2H])c([2H])c32)c1[2H]. The largest absolute Gasteiger partial charge is 0.455 e. The minimum Gasteiger partial charge on any atom is -0.455 e. The van der Waals surface area contributed by atoms with Crippen molar-refractivity contribution in [3.8, 4) is 67.5 Å². The molecular formula is C49H31N3O. The van der Waals surface area contributed by atoms with Crippen molar-refractivity contribution in [2.24, 2.45) is 0 Å². The molecule has 0 unspecified atom stereocenters. The predicted octanol–water partition coefficient (Wildman–Crippen LogP) is 12.9. The van der Waals surface area contributed by atoms with Crippen molar-refractivity contribution in [2.45, 2.75) is 0 Å². The molecule has 0 atom stereocenters. The fourth-order valence-electron chi connectivity index (χ4n) is 6.97. The summed E-state index contributed by atoms with van der Waals surface area (Å²) in [5.41, 5.74) is 6.93. The molecule has 10 aromatic rings. The molecule has 0 amide bonds. The van der Waals surface area contributed by atoms with Gasteiger partial charge in [0.2, 0.25) is 0 Å². The van der Waals surface area contributed by atoms with Gasteiger partial charge in [0, 0.05) is 33.0 Å². The van der Waals surface area contributed by atoms with Crippen LogP contribution in [0, 0.1) is 0 Å². The summed E-state index contributed by atoms with van der Waals surface area (Å²) in [6.07, 6.45) is 0. The van der Waals surface area contributed by atoms with Crippen LogP contribution >= 0.6 is 0 Å². The van der Waals surface area contributed by atoms with Crippen LogP contribution in [-0.4, -0.2) is 15.0 Å². The second kappa shape index (κ2) is 12.9. The lowest BCUT2D eigenvalue weighted by Crippen LogP contribution is -2.01. The summed E-state index contributed by atoms with van der Waals surface area (Å²) in [5, 5.41) is 2.38. The number of aromatic nitrogens is 3. The Labute approximate surface area is 315 Å². The van der Waals surface area contributed by atoms with E-state index in [1.165, 1.54) is 0 Å². The highest BCUT2D eigenvalue weighted by Gasteiger charge is 2.21. The molecular weight excluding hydrogens is 647 g/mol. The van der Waals surface area contributed by atoms with Crippen molar-refractivity contribution in [1.82, 2.24) is 15.0 Å². The zero-order chi connectivity index (χ0) is 40.4. The molecule has 0 bridgehead atoms. The Bertz CT molecular complexity index is 3280. The van der Waals surface area contributed by atoms with Crippen LogP contribution in [0.4, 0.5) is 0 Å². The molecule has 2 aromatic heterocycles. The lowest BCUT2D eigenvalue weighted by atomic mass is 9.92. The highest BCUT2D eigenvalue weighted by molar-refractivity contribution is 6.12. The Morgan fingerprint density at radius 1 is 0.396 bits per heavy atom. The minimum absolute atomic E-state index is 0.0511. The van der Waals surface area contributed by atoms with E-state index in [1.807, 2.05) is 103 Å². The van der Waals surface area contributed by atoms with Crippen molar-refractivity contribution in [3.05, 3.63) is 188 Å². The van der Waals surface area contributed by atoms with Gasteiger partial charge in [0.25, 0.3) is 0 Å². The maximum atomic E-state index is 9.58. The van der Waals surface area contributed by atoms with E-state index in [9.17, 15) is 2.74 Å². The van der Waals surface area contributed by atoms with Crippen molar-refractivity contribution < 1.29 is 12.6 Å². The number of para-hydroxylation sites is 1. The molecule has 0 saturated carbocycles. The normalized spacial score (nSPS) is 13.0. The number of benzene rings is 8. The summed E-state index contributed by atoms with van der Waals surface area (Å²) < 4.78 is 59.5. The summed E-state index contributed by atoms with van der Waals surface area (Å²) in [6.45, 7) is 0. The maximum absolute atomic E-state index is 9.58. The number of rotatable bonds is 6. The minimum atomic E-state index is -0.447. The lowest BCUT2D eigenvalue weighted by Gasteiger charge is -2.14. The van der Waals surface area contributed by atoms with Crippen LogP contribution in [0.2, 0.25) is 0 Å². The molecule has 248 valence electrons. The Kier molecular flexibility index (Phi) is 6.04. The van der Waals surface area contributed by atoms with Crippen LogP contribution in [0.3, 0.4) is 0 Å². The molecule has 0 aliphatic carbocycles. The molecule has 4 nitrogen and oxygen atoms in total. The molecule has 0 aliphatic rings. The average molecular weight is 684 g/mol. The highest BCUT2D eigenvalue weighted by atomic mass is 16.3. The summed E-state index contributed by atoms with van der Waals surface area (Å²) in [6, 6.07) is 47.8. The van der Waals surface area contributed by atoms with Crippen LogP contribution in [0.1, 0.15) is 8.22 Å². The first-order valence-electron chi connectivity index (χ1n) is 20.3. The lowest BCUT2D eigenvalue weighted by molar-refractivity contribution is 0.670. The van der Waals surface area contributed by atoms with Gasteiger partial charge in [0.05, 0.1) is 8.22 Å². The molecule has 0 fully saturated rings. The zero-order valence-corrected chi connectivity index (χ0v) is 28.2. The molecule has 0 saturated heterocycles. The number of hydrogen-bond donors (Lipinski definition) is 0. The van der Waals surface area contributed by atoms with Crippen molar-refractivity contribution in [2.75, 3.05) is 0 Å². The Morgan fingerprint density at radius 3 is 1.81 bits per heavy atom. The smallest absolute Gasteiger partial charge is 0.164 e. The monoisotopic (exact) mass is 683 g/mol. The van der Waals surface area contributed by atoms with Crippen molar-refractivity contribution in [1.29, 1.82) is 0 Å². The number of furan rings is 1. The quantitative estimate of drug-likeness (QED) is 0.175. The number of nitrogens with zero attached hydrogens (tertiary/aromatic N) is 3. The van der Waals surface area contributed by atoms with E-state index < -0.39 is 12.1 Å². The van der Waals surface area contributed by atoms with Crippen LogP contribution in [0.5, 0.6) is 0 Å². The predicted molar refractivity (Wildman–Crippen MR) is 217 cm³/mol. The molecule has 0 spiro atoms. The summed E-state index contributed by atoms with van der Waals surface area (Å²) >= 11 is 0. The highest BCUT2D eigenvalue weighted by Crippen LogP contribution is 2.42. The van der Waals surface area contributed by atoms with Gasteiger partial charge in [-0.15, -0.1) is 0 Å². The van der Waals surface area contributed by atoms with E-state index in [2.05, 4.69) is 48.5 Å². The molecule has 10 rings (SSSR count). The van der Waals surface area contributed by atoms with Crippen LogP contribution in [0.25, 0.3) is 100 Å². The van der Waals surface area contributed by atoms with Crippen LogP contribution in [-0.2, 0) is 0 Å². The fourth-order valence-corrected chi connectivity index (χ4v) is 6.97. The molecule has 0 radical (unpaired) electrons. The number of hydrogen-bond acceptors (Lipinski definition) is 4. The van der Waals surface area contributed by atoms with E-state index in [-0.39, 0.29) is 57.5 Å². The van der Waals surface area contributed by atoms with Gasteiger partial charge < -0.3 is 4.42 Å². The molecule has 0 N–H and O–H groups in total. The van der Waals surface area contributed by atoms with Gasteiger partial charge in [-0.2, -0.15) is 0 Å². The third-order valence-corrected chi connectivity index (χ3v) is 9.48. The van der Waals surface area contributed by atoms with Gasteiger partial charge >= 0.3 is 0 Å². The van der Waals surface area contributed by atoms with Gasteiger partial charge in [0.1, 0.15) is 11.2 Å². The Morgan fingerprint density at radius 2 is 1.02 bits per heavy atom. The third kappa shape index (κ3) is 5.54. The van der Waals surface area contributed by atoms with Gasteiger partial charge in [-0.05, 0) is 74.9 Å². The average Bonchev–Trinajstić information content (AvgIpc) is 3.70. The van der Waals surface area contributed by atoms with Gasteiger partial charge in [-0.3, -0.25) is 0 Å². The van der Waals surface area contributed by atoms with Crippen LogP contribution in [0.15, 0.2) is 192 Å². The Balaban J connectivity index is 1.25. The molecule has 8 aromatic carbocycles. The van der Waals surface area contributed by atoms with Crippen molar-refractivity contribution in [3.63, 3.8) is 0 Å². The topological polar surface area (TPSA) is 51.8 Å². The number of fused-ring (bicyclic) bond motifs is 4.